The molecule has 0 amide bonds. The maximum absolute atomic E-state index is 12.1. The zero-order chi connectivity index (χ0) is 14.5. The van der Waals surface area contributed by atoms with Gasteiger partial charge in [-0.15, -0.1) is 0 Å². The molecule has 0 aromatic heterocycles. The first kappa shape index (κ1) is 20.8. The molecule has 0 aromatic carbocycles. The molecule has 0 saturated heterocycles. The monoisotopic (exact) mass is 324 g/mol. The largest absolute Gasteiger partial charge is 1.00 e. The molecule has 0 saturated carbocycles. The van der Waals surface area contributed by atoms with Gasteiger partial charge in [0.15, 0.2) is 7.37 Å². The van der Waals surface area contributed by atoms with Gasteiger partial charge in [0.1, 0.15) is 0 Å². The van der Waals surface area contributed by atoms with Crippen LogP contribution in [0.15, 0.2) is 0 Å². The molecule has 0 fully saturated rings. The van der Waals surface area contributed by atoms with Crippen LogP contribution in [0.1, 0.15) is 0 Å². The summed E-state index contributed by atoms with van der Waals surface area (Å²) >= 11 is 0. The van der Waals surface area contributed by atoms with Gasteiger partial charge in [0, 0.05) is 0 Å². The predicted octanol–water partition coefficient (Wildman–Crippen LogP) is -0.0610. The summed E-state index contributed by atoms with van der Waals surface area (Å²) in [4.78, 5) is 10.1. The standard InChI is InChI=1S/C4HF10O2P.Na/c5-1(6,7)3(11,12)17(15,16)4(13,14)2(8,9)10;/h(H,15,16);/q;+1/p-1. The summed E-state index contributed by atoms with van der Waals surface area (Å²) in [5.41, 5.74) is -14.4. The van der Waals surface area contributed by atoms with Crippen LogP contribution in [-0.2, 0) is 4.57 Å². The summed E-state index contributed by atoms with van der Waals surface area (Å²) in [6, 6.07) is 0. The van der Waals surface area contributed by atoms with Gasteiger partial charge >= 0.3 is 53.2 Å². The van der Waals surface area contributed by atoms with E-state index < -0.39 is 31.0 Å². The Bertz CT molecular complexity index is 315. The zero-order valence-electron chi connectivity index (χ0n) is 8.04. The molecule has 2 nitrogen and oxygen atoms in total. The van der Waals surface area contributed by atoms with Gasteiger partial charge in [-0.1, -0.05) is 0 Å². The summed E-state index contributed by atoms with van der Waals surface area (Å²) in [7, 11) is -8.51. The van der Waals surface area contributed by atoms with E-state index in [1.54, 1.807) is 0 Å². The normalized spacial score (nSPS) is 15.3. The average molecular weight is 324 g/mol. The Morgan fingerprint density at radius 2 is 0.833 bits per heavy atom. The van der Waals surface area contributed by atoms with Crippen molar-refractivity contribution in [1.82, 2.24) is 0 Å². The number of alkyl halides is 10. The molecule has 0 atom stereocenters. The summed E-state index contributed by atoms with van der Waals surface area (Å²) < 4.78 is 127. The van der Waals surface area contributed by atoms with E-state index in [-0.39, 0.29) is 29.6 Å². The number of hydrogen-bond donors (Lipinski definition) is 0. The maximum Gasteiger partial charge on any atom is 1.00 e. The number of hydrogen-bond acceptors (Lipinski definition) is 2. The van der Waals surface area contributed by atoms with Gasteiger partial charge in [-0.05, 0) is 0 Å². The zero-order valence-corrected chi connectivity index (χ0v) is 10.9. The Morgan fingerprint density at radius 3 is 0.944 bits per heavy atom. The number of rotatable bonds is 2. The van der Waals surface area contributed by atoms with Crippen molar-refractivity contribution >= 4 is 7.37 Å². The molecule has 0 spiro atoms. The van der Waals surface area contributed by atoms with Crippen molar-refractivity contribution in [1.29, 1.82) is 0 Å². The first-order valence-electron chi connectivity index (χ1n) is 3.20. The van der Waals surface area contributed by atoms with Gasteiger partial charge in [-0.2, -0.15) is 43.9 Å². The molecule has 0 aliphatic heterocycles. The molecular formula is C4F10NaO2P. The van der Waals surface area contributed by atoms with Crippen LogP contribution in [0.3, 0.4) is 0 Å². The van der Waals surface area contributed by atoms with Crippen molar-refractivity contribution in [2.45, 2.75) is 23.7 Å². The van der Waals surface area contributed by atoms with E-state index in [1.165, 1.54) is 0 Å². The summed E-state index contributed by atoms with van der Waals surface area (Å²) in [6.07, 6.45) is -14.2. The molecule has 0 aliphatic carbocycles. The van der Waals surface area contributed by atoms with Crippen LogP contribution in [0.25, 0.3) is 0 Å². The average Bonchev–Trinajstić information content (AvgIpc) is 1.98. The molecule has 0 bridgehead atoms. The molecule has 104 valence electrons. The molecule has 14 heteroatoms. The Balaban J connectivity index is 0. The van der Waals surface area contributed by atoms with Crippen LogP contribution in [0.4, 0.5) is 43.9 Å². The van der Waals surface area contributed by atoms with Crippen LogP contribution in [0.5, 0.6) is 0 Å². The minimum atomic E-state index is -8.51. The van der Waals surface area contributed by atoms with Gasteiger partial charge in [0.2, 0.25) is 0 Å². The molecule has 18 heavy (non-hydrogen) atoms. The van der Waals surface area contributed by atoms with Crippen LogP contribution in [0.2, 0.25) is 0 Å². The van der Waals surface area contributed by atoms with Crippen LogP contribution < -0.4 is 34.5 Å². The van der Waals surface area contributed by atoms with Gasteiger partial charge in [0.05, 0.1) is 0 Å². The Labute approximate surface area is 114 Å². The first-order valence-corrected chi connectivity index (χ1v) is 4.83. The second-order valence-corrected chi connectivity index (χ2v) is 4.86. The van der Waals surface area contributed by atoms with E-state index in [0.29, 0.717) is 0 Å². The van der Waals surface area contributed by atoms with Crippen molar-refractivity contribution in [3.63, 3.8) is 0 Å². The van der Waals surface area contributed by atoms with Crippen molar-refractivity contribution < 1.29 is 82.9 Å². The van der Waals surface area contributed by atoms with E-state index in [4.69, 9.17) is 0 Å². The third-order valence-corrected chi connectivity index (χ3v) is 3.41. The Morgan fingerprint density at radius 1 is 0.667 bits per heavy atom. The molecule has 0 N–H and O–H groups in total. The topological polar surface area (TPSA) is 40.1 Å². The minimum absolute atomic E-state index is 0. The van der Waals surface area contributed by atoms with Crippen LogP contribution in [-0.4, -0.2) is 23.7 Å². The van der Waals surface area contributed by atoms with Crippen molar-refractivity contribution in [2.24, 2.45) is 0 Å². The summed E-state index contributed by atoms with van der Waals surface area (Å²) in [5, 5.41) is 0. The first-order chi connectivity index (χ1) is 7.00. The summed E-state index contributed by atoms with van der Waals surface area (Å²) in [5.74, 6) is 0. The van der Waals surface area contributed by atoms with Gasteiger partial charge in [-0.25, -0.2) is 0 Å². The van der Waals surface area contributed by atoms with Crippen LogP contribution in [0, 0.1) is 0 Å². The maximum atomic E-state index is 12.1. The second-order valence-electron chi connectivity index (χ2n) is 2.63. The molecule has 0 aliphatic rings. The van der Waals surface area contributed by atoms with E-state index in [2.05, 4.69) is 0 Å². The molecule has 0 unspecified atom stereocenters. The summed E-state index contributed by atoms with van der Waals surface area (Å²) in [6.45, 7) is 0. The Hall–Kier alpha value is 0.490. The Kier molecular flexibility index (Phi) is 5.91. The SMILES string of the molecule is O=P([O-])(C(F)(F)C(F)(F)F)C(F)(F)C(F)(F)F.[Na+]. The molecule has 0 aromatic rings. The third kappa shape index (κ3) is 2.97. The predicted molar refractivity (Wildman–Crippen MR) is 29.6 cm³/mol. The second kappa shape index (κ2) is 5.12. The fraction of sp³-hybridized carbons (Fsp3) is 1.00. The van der Waals surface area contributed by atoms with E-state index >= 15 is 0 Å². The molecular weight excluding hydrogens is 324 g/mol. The third-order valence-electron chi connectivity index (χ3n) is 1.42. The van der Waals surface area contributed by atoms with E-state index in [1.807, 2.05) is 0 Å². The quantitative estimate of drug-likeness (QED) is 0.406. The fourth-order valence-corrected chi connectivity index (χ4v) is 1.53. The van der Waals surface area contributed by atoms with Crippen LogP contribution >= 0.6 is 7.37 Å². The van der Waals surface area contributed by atoms with E-state index in [9.17, 15) is 53.4 Å². The molecule has 0 rings (SSSR count). The fourth-order valence-electron chi connectivity index (χ4n) is 0.510. The van der Waals surface area contributed by atoms with Crippen molar-refractivity contribution in [3.05, 3.63) is 0 Å². The van der Waals surface area contributed by atoms with Crippen molar-refractivity contribution in [3.8, 4) is 0 Å². The van der Waals surface area contributed by atoms with Gasteiger partial charge in [0.25, 0.3) is 0 Å². The van der Waals surface area contributed by atoms with E-state index in [0.717, 1.165) is 0 Å². The van der Waals surface area contributed by atoms with Gasteiger partial charge < -0.3 is 9.46 Å². The minimum Gasteiger partial charge on any atom is -0.790 e. The molecule has 0 radical (unpaired) electrons. The van der Waals surface area contributed by atoms with Gasteiger partial charge in [-0.3, -0.25) is 0 Å². The molecule has 0 heterocycles. The smallest absolute Gasteiger partial charge is 0.790 e. The van der Waals surface area contributed by atoms with Crippen molar-refractivity contribution in [2.75, 3.05) is 0 Å². The number of halogens is 10.